The highest BCUT2D eigenvalue weighted by atomic mass is 35.5. The lowest BCUT2D eigenvalue weighted by atomic mass is 10.1. The van der Waals surface area contributed by atoms with Crippen molar-refractivity contribution in [3.8, 4) is 11.5 Å². The molecule has 1 aliphatic rings. The summed E-state index contributed by atoms with van der Waals surface area (Å²) >= 11 is 7.57. The van der Waals surface area contributed by atoms with Gasteiger partial charge in [0.2, 0.25) is 0 Å². The van der Waals surface area contributed by atoms with Crippen molar-refractivity contribution in [2.75, 3.05) is 26.4 Å². The minimum atomic E-state index is -0.670. The molecule has 0 saturated heterocycles. The van der Waals surface area contributed by atoms with E-state index in [1.807, 2.05) is 18.2 Å². The van der Waals surface area contributed by atoms with Crippen LogP contribution in [0.1, 0.15) is 26.3 Å². The highest BCUT2D eigenvalue weighted by Crippen LogP contribution is 2.42. The second-order valence-electron chi connectivity index (χ2n) is 7.16. The number of thioether (sulfide) groups is 1. The number of ether oxygens (including phenoxy) is 4. The van der Waals surface area contributed by atoms with Gasteiger partial charge >= 0.3 is 11.9 Å². The van der Waals surface area contributed by atoms with Crippen molar-refractivity contribution in [2.45, 2.75) is 20.8 Å². The van der Waals surface area contributed by atoms with Gasteiger partial charge in [0.05, 0.1) is 35.4 Å². The van der Waals surface area contributed by atoms with Gasteiger partial charge in [-0.1, -0.05) is 41.6 Å². The molecule has 190 valence electrons. The van der Waals surface area contributed by atoms with Crippen LogP contribution in [0, 0.1) is 0 Å². The summed E-state index contributed by atoms with van der Waals surface area (Å²) < 4.78 is 21.2. The van der Waals surface area contributed by atoms with Gasteiger partial charge in [-0.2, -0.15) is 0 Å². The minimum absolute atomic E-state index is 0.0116. The third-order valence-electron chi connectivity index (χ3n) is 4.63. The lowest BCUT2D eigenvalue weighted by Crippen LogP contribution is -2.15. The maximum absolute atomic E-state index is 12.6. The molecule has 36 heavy (non-hydrogen) atoms. The SMILES string of the molecule is CCOC(=O)COc1c(Cl)cc(/C=C2\SC(=Nc3ccccc3)C(C(=O)OCC)=C2O)cc1OCC. The number of aliphatic imine (C=N–C) groups is 1. The first kappa shape index (κ1) is 27.2. The molecule has 0 spiro atoms. The Balaban J connectivity index is 1.98. The average molecular weight is 532 g/mol. The molecule has 1 heterocycles. The molecular weight excluding hydrogens is 506 g/mol. The van der Waals surface area contributed by atoms with Crippen molar-refractivity contribution < 1.29 is 33.6 Å². The second kappa shape index (κ2) is 13.0. The zero-order valence-corrected chi connectivity index (χ0v) is 21.6. The van der Waals surface area contributed by atoms with Gasteiger partial charge in [-0.15, -0.1) is 0 Å². The van der Waals surface area contributed by atoms with E-state index in [9.17, 15) is 14.7 Å². The summed E-state index contributed by atoms with van der Waals surface area (Å²) in [6.07, 6.45) is 1.65. The van der Waals surface area contributed by atoms with Gasteiger partial charge in [-0.25, -0.2) is 14.6 Å². The van der Waals surface area contributed by atoms with Crippen molar-refractivity contribution in [2.24, 2.45) is 4.99 Å². The van der Waals surface area contributed by atoms with Crippen molar-refractivity contribution >= 4 is 52.1 Å². The van der Waals surface area contributed by atoms with Crippen molar-refractivity contribution in [1.82, 2.24) is 0 Å². The van der Waals surface area contributed by atoms with E-state index >= 15 is 0 Å². The molecule has 1 aliphatic heterocycles. The molecule has 0 fully saturated rings. The molecule has 0 bridgehead atoms. The number of aliphatic hydroxyl groups excluding tert-OH is 1. The monoisotopic (exact) mass is 531 g/mol. The molecule has 8 nitrogen and oxygen atoms in total. The van der Waals surface area contributed by atoms with E-state index in [0.717, 1.165) is 11.8 Å². The normalized spacial score (nSPS) is 15.3. The maximum Gasteiger partial charge on any atom is 0.344 e. The van der Waals surface area contributed by atoms with Gasteiger partial charge < -0.3 is 24.1 Å². The third kappa shape index (κ3) is 6.83. The summed E-state index contributed by atoms with van der Waals surface area (Å²) in [6, 6.07) is 12.3. The summed E-state index contributed by atoms with van der Waals surface area (Å²) in [4.78, 5) is 29.2. The predicted octanol–water partition coefficient (Wildman–Crippen LogP) is 5.87. The van der Waals surface area contributed by atoms with Gasteiger partial charge in [-0.3, -0.25) is 0 Å². The highest BCUT2D eigenvalue weighted by molar-refractivity contribution is 8.18. The molecule has 3 rings (SSSR count). The van der Waals surface area contributed by atoms with Crippen molar-refractivity contribution in [3.63, 3.8) is 0 Å². The molecule has 2 aromatic carbocycles. The number of carbonyl (C=O) groups is 2. The molecule has 1 N–H and O–H groups in total. The molecule has 0 radical (unpaired) electrons. The van der Waals surface area contributed by atoms with E-state index in [2.05, 4.69) is 4.99 Å². The first-order chi connectivity index (χ1) is 17.4. The van der Waals surface area contributed by atoms with Crippen LogP contribution in [0.15, 0.2) is 63.7 Å². The van der Waals surface area contributed by atoms with E-state index in [-0.39, 0.29) is 41.9 Å². The van der Waals surface area contributed by atoms with E-state index in [0.29, 0.717) is 33.6 Å². The number of aliphatic hydroxyl groups is 1. The largest absolute Gasteiger partial charge is 0.506 e. The zero-order chi connectivity index (χ0) is 26.1. The van der Waals surface area contributed by atoms with Gasteiger partial charge in [0.15, 0.2) is 18.1 Å². The number of carbonyl (C=O) groups excluding carboxylic acids is 2. The summed E-state index contributed by atoms with van der Waals surface area (Å²) in [7, 11) is 0. The Kier molecular flexibility index (Phi) is 9.84. The lowest BCUT2D eigenvalue weighted by molar-refractivity contribution is -0.145. The maximum atomic E-state index is 12.6. The number of hydrogen-bond donors (Lipinski definition) is 1. The number of halogens is 1. The summed E-state index contributed by atoms with van der Waals surface area (Å²) in [5.74, 6) is -0.931. The van der Waals surface area contributed by atoms with Crippen LogP contribution in [0.4, 0.5) is 5.69 Å². The third-order valence-corrected chi connectivity index (χ3v) is 5.93. The van der Waals surface area contributed by atoms with Crippen LogP contribution in [-0.4, -0.2) is 48.5 Å². The topological polar surface area (TPSA) is 104 Å². The number of para-hydroxylation sites is 1. The van der Waals surface area contributed by atoms with Gasteiger partial charge in [0, 0.05) is 0 Å². The fourth-order valence-electron chi connectivity index (χ4n) is 3.17. The Morgan fingerprint density at radius 2 is 1.75 bits per heavy atom. The number of hydrogen-bond acceptors (Lipinski definition) is 9. The summed E-state index contributed by atoms with van der Waals surface area (Å²) in [6.45, 7) is 5.57. The molecule has 0 aliphatic carbocycles. The second-order valence-corrected chi connectivity index (χ2v) is 8.60. The van der Waals surface area contributed by atoms with Crippen LogP contribution in [0.2, 0.25) is 5.02 Å². The quantitative estimate of drug-likeness (QED) is 0.379. The first-order valence-electron chi connectivity index (χ1n) is 11.3. The Labute approximate surface area is 218 Å². The molecule has 0 unspecified atom stereocenters. The average Bonchev–Trinajstić information content (AvgIpc) is 3.14. The molecular formula is C26H26ClNO7S. The minimum Gasteiger partial charge on any atom is -0.506 e. The Bertz CT molecular complexity index is 1210. The Morgan fingerprint density at radius 1 is 1.03 bits per heavy atom. The van der Waals surface area contributed by atoms with Gasteiger partial charge in [0.25, 0.3) is 0 Å². The predicted molar refractivity (Wildman–Crippen MR) is 140 cm³/mol. The fourth-order valence-corrected chi connectivity index (χ4v) is 4.48. The molecule has 0 amide bonds. The number of esters is 2. The van der Waals surface area contributed by atoms with Crippen LogP contribution in [0.3, 0.4) is 0 Å². The number of nitrogens with zero attached hydrogens (tertiary/aromatic N) is 1. The van der Waals surface area contributed by atoms with Crippen LogP contribution < -0.4 is 9.47 Å². The summed E-state index contributed by atoms with van der Waals surface area (Å²) in [5.41, 5.74) is 1.19. The molecule has 0 aromatic heterocycles. The van der Waals surface area contributed by atoms with Crippen LogP contribution in [0.5, 0.6) is 11.5 Å². The van der Waals surface area contributed by atoms with E-state index in [1.165, 1.54) is 0 Å². The smallest absolute Gasteiger partial charge is 0.344 e. The van der Waals surface area contributed by atoms with Crippen LogP contribution >= 0.6 is 23.4 Å². The molecule has 0 saturated carbocycles. The van der Waals surface area contributed by atoms with Crippen LogP contribution in [-0.2, 0) is 19.1 Å². The zero-order valence-electron chi connectivity index (χ0n) is 20.1. The molecule has 0 atom stereocenters. The molecule has 10 heteroatoms. The fraction of sp³-hybridized carbons (Fsp3) is 0.269. The Morgan fingerprint density at radius 3 is 2.42 bits per heavy atom. The molecule has 2 aromatic rings. The first-order valence-corrected chi connectivity index (χ1v) is 12.5. The van der Waals surface area contributed by atoms with Gasteiger partial charge in [-0.05, 0) is 56.7 Å². The van der Waals surface area contributed by atoms with Gasteiger partial charge in [0.1, 0.15) is 16.4 Å². The number of benzene rings is 2. The van der Waals surface area contributed by atoms with Crippen LogP contribution in [0.25, 0.3) is 6.08 Å². The summed E-state index contributed by atoms with van der Waals surface area (Å²) in [5, 5.41) is 11.4. The van der Waals surface area contributed by atoms with E-state index < -0.39 is 11.9 Å². The van der Waals surface area contributed by atoms with E-state index in [1.54, 1.807) is 51.1 Å². The van der Waals surface area contributed by atoms with E-state index in [4.69, 9.17) is 30.5 Å². The lowest BCUT2D eigenvalue weighted by Gasteiger charge is -2.14. The number of rotatable bonds is 10. The van der Waals surface area contributed by atoms with Crippen molar-refractivity contribution in [3.05, 3.63) is 69.3 Å². The Hall–Kier alpha value is -3.43. The van der Waals surface area contributed by atoms with Crippen molar-refractivity contribution in [1.29, 1.82) is 0 Å². The highest BCUT2D eigenvalue weighted by Gasteiger charge is 2.33. The standard InChI is InChI=1S/C26H26ClNO7S/c1-4-32-19-13-16(12-18(27)24(19)35-15-21(29)33-5-2)14-20-23(30)22(26(31)34-6-3)25(36-20)28-17-10-8-7-9-11-17/h7-14,30H,4-6,15H2,1-3H3/b20-14-,28-25?.